The van der Waals surface area contributed by atoms with E-state index in [1.165, 1.54) is 56.7 Å². The first-order valence-corrected chi connectivity index (χ1v) is 10.1. The average Bonchev–Trinajstić information content (AvgIpc) is 3.45. The van der Waals surface area contributed by atoms with Crippen LogP contribution in [0.3, 0.4) is 0 Å². The lowest BCUT2D eigenvalue weighted by atomic mass is 10.2. The van der Waals surface area contributed by atoms with Gasteiger partial charge in [0.2, 0.25) is 5.13 Å². The van der Waals surface area contributed by atoms with Crippen LogP contribution in [0.4, 0.5) is 15.4 Å². The molecule has 0 aliphatic heterocycles. The number of furan rings is 1. The van der Waals surface area contributed by atoms with Crippen LogP contribution in [-0.2, 0) is 0 Å². The number of hydrazone groups is 1. The molecule has 0 unspecified atom stereocenters. The summed E-state index contributed by atoms with van der Waals surface area (Å²) in [6, 6.07) is 11.2. The van der Waals surface area contributed by atoms with Gasteiger partial charge in [0.05, 0.1) is 36.7 Å². The third-order valence-electron chi connectivity index (χ3n) is 4.40. The van der Waals surface area contributed by atoms with Gasteiger partial charge in [-0.05, 0) is 36.4 Å². The Balaban J connectivity index is 1.78. The number of fused-ring (bicyclic) bond motifs is 1. The second-order valence-electron chi connectivity index (χ2n) is 6.50. The van der Waals surface area contributed by atoms with Crippen LogP contribution in [0.5, 0.6) is 11.5 Å². The molecular weight excluding hydrogens is 455 g/mol. The van der Waals surface area contributed by atoms with Crippen LogP contribution in [0.25, 0.3) is 10.2 Å². The molecule has 10 nitrogen and oxygen atoms in total. The highest BCUT2D eigenvalue weighted by atomic mass is 32.1. The van der Waals surface area contributed by atoms with Crippen LogP contribution in [0.15, 0.2) is 58.0 Å². The number of nitrogens with zero attached hydrogens (tertiary/aromatic N) is 4. The van der Waals surface area contributed by atoms with Gasteiger partial charge >= 0.3 is 5.88 Å². The highest BCUT2D eigenvalue weighted by Gasteiger charge is 2.23. The van der Waals surface area contributed by atoms with Gasteiger partial charge in [-0.1, -0.05) is 11.3 Å². The van der Waals surface area contributed by atoms with E-state index in [2.05, 4.69) is 10.1 Å². The lowest BCUT2D eigenvalue weighted by Gasteiger charge is -2.15. The van der Waals surface area contributed by atoms with Crippen LogP contribution in [0.2, 0.25) is 0 Å². The third-order valence-corrected chi connectivity index (χ3v) is 5.40. The number of rotatable bonds is 7. The third kappa shape index (κ3) is 4.65. The number of hydrogen-bond donors (Lipinski definition) is 0. The quantitative estimate of drug-likeness (QED) is 0.219. The van der Waals surface area contributed by atoms with Crippen LogP contribution >= 0.6 is 11.3 Å². The van der Waals surface area contributed by atoms with E-state index in [0.717, 1.165) is 22.6 Å². The number of anilines is 1. The maximum atomic E-state index is 13.6. The molecular formula is C21H15FN4O6S. The van der Waals surface area contributed by atoms with Gasteiger partial charge in [-0.3, -0.25) is 14.9 Å². The van der Waals surface area contributed by atoms with E-state index in [4.69, 9.17) is 13.9 Å². The summed E-state index contributed by atoms with van der Waals surface area (Å²) in [5.74, 6) is -0.690. The first-order valence-electron chi connectivity index (χ1n) is 9.30. The average molecular weight is 470 g/mol. The van der Waals surface area contributed by atoms with Crippen molar-refractivity contribution in [2.24, 2.45) is 5.10 Å². The van der Waals surface area contributed by atoms with Crippen LogP contribution in [0, 0.1) is 15.9 Å². The van der Waals surface area contributed by atoms with Crippen LogP contribution in [-0.4, -0.2) is 36.2 Å². The molecule has 0 N–H and O–H groups in total. The summed E-state index contributed by atoms with van der Waals surface area (Å²) in [7, 11) is 2.90. The largest absolute Gasteiger partial charge is 0.497 e. The fourth-order valence-electron chi connectivity index (χ4n) is 2.84. The van der Waals surface area contributed by atoms with E-state index in [1.807, 2.05) is 0 Å². The molecule has 2 aromatic carbocycles. The smallest absolute Gasteiger partial charge is 0.433 e. The van der Waals surface area contributed by atoms with Crippen molar-refractivity contribution in [1.82, 2.24) is 4.98 Å². The summed E-state index contributed by atoms with van der Waals surface area (Å²) in [5.41, 5.74) is 0.653. The number of ether oxygens (including phenoxy) is 2. The Morgan fingerprint density at radius 3 is 2.55 bits per heavy atom. The second kappa shape index (κ2) is 9.04. The highest BCUT2D eigenvalue weighted by molar-refractivity contribution is 7.22. The van der Waals surface area contributed by atoms with Crippen molar-refractivity contribution in [2.45, 2.75) is 0 Å². The molecule has 0 spiro atoms. The minimum Gasteiger partial charge on any atom is -0.497 e. The molecule has 33 heavy (non-hydrogen) atoms. The maximum absolute atomic E-state index is 13.6. The van der Waals surface area contributed by atoms with Crippen molar-refractivity contribution in [2.75, 3.05) is 19.2 Å². The van der Waals surface area contributed by atoms with Crippen molar-refractivity contribution < 1.29 is 28.0 Å². The minimum atomic E-state index is -0.690. The summed E-state index contributed by atoms with van der Waals surface area (Å²) in [6.07, 6.45) is 1.15. The number of amides is 1. The molecule has 0 saturated carbocycles. The van der Waals surface area contributed by atoms with Crippen molar-refractivity contribution in [3.63, 3.8) is 0 Å². The summed E-state index contributed by atoms with van der Waals surface area (Å²) >= 11 is 1.05. The van der Waals surface area contributed by atoms with Gasteiger partial charge in [-0.2, -0.15) is 10.1 Å². The normalized spacial score (nSPS) is 11.1. The Morgan fingerprint density at radius 1 is 1.18 bits per heavy atom. The highest BCUT2D eigenvalue weighted by Crippen LogP contribution is 2.32. The number of halogens is 1. The summed E-state index contributed by atoms with van der Waals surface area (Å²) < 4.78 is 29.7. The lowest BCUT2D eigenvalue weighted by Crippen LogP contribution is -2.25. The Bertz CT molecular complexity index is 1360. The lowest BCUT2D eigenvalue weighted by molar-refractivity contribution is -0.402. The maximum Gasteiger partial charge on any atom is 0.433 e. The molecule has 0 aliphatic carbocycles. The Labute approximate surface area is 189 Å². The molecule has 0 atom stereocenters. The number of thiazole rings is 1. The van der Waals surface area contributed by atoms with Gasteiger partial charge in [0.25, 0.3) is 5.91 Å². The van der Waals surface area contributed by atoms with Gasteiger partial charge in [0, 0.05) is 11.6 Å². The molecule has 0 saturated heterocycles. The fourth-order valence-corrected chi connectivity index (χ4v) is 3.79. The van der Waals surface area contributed by atoms with E-state index in [1.54, 1.807) is 6.07 Å². The van der Waals surface area contributed by atoms with E-state index >= 15 is 0 Å². The first-order chi connectivity index (χ1) is 15.9. The number of methoxy groups -OCH3 is 2. The molecule has 4 rings (SSSR count). The molecule has 0 fully saturated rings. The molecule has 2 heterocycles. The zero-order valence-corrected chi connectivity index (χ0v) is 18.0. The minimum absolute atomic E-state index is 0.0508. The molecule has 2 aromatic heterocycles. The number of aromatic nitrogens is 1. The van der Waals surface area contributed by atoms with Crippen LogP contribution < -0.4 is 14.5 Å². The number of nitro groups is 1. The van der Waals surface area contributed by atoms with Gasteiger partial charge < -0.3 is 13.9 Å². The summed E-state index contributed by atoms with van der Waals surface area (Å²) in [6.45, 7) is 0. The number of benzene rings is 2. The Morgan fingerprint density at radius 2 is 1.91 bits per heavy atom. The fraction of sp³-hybridized carbons (Fsp3) is 0.0952. The molecule has 0 radical (unpaired) electrons. The Hall–Kier alpha value is -4.32. The zero-order valence-electron chi connectivity index (χ0n) is 17.2. The van der Waals surface area contributed by atoms with Crippen molar-refractivity contribution in [3.8, 4) is 11.5 Å². The topological polar surface area (TPSA) is 120 Å². The van der Waals surface area contributed by atoms with E-state index in [0.29, 0.717) is 21.7 Å². The number of carbonyl (C=O) groups is 1. The molecule has 1 amide bonds. The second-order valence-corrected chi connectivity index (χ2v) is 7.51. The standard InChI is InChI=1S/C21H15FN4O6S/c1-30-15-7-12(8-16(10-15)31-2)20(27)25(23-11-14-4-6-19(32-14)26(28)29)21-24-17-5-3-13(22)9-18(17)33-21/h3-11H,1-2H3/b23-11+. The Kier molecular flexibility index (Phi) is 6.00. The predicted octanol–water partition coefficient (Wildman–Crippen LogP) is 4.63. The molecule has 0 bridgehead atoms. The van der Waals surface area contributed by atoms with Gasteiger partial charge in [-0.15, -0.1) is 0 Å². The van der Waals surface area contributed by atoms with Gasteiger partial charge in [0.1, 0.15) is 22.2 Å². The van der Waals surface area contributed by atoms with Crippen molar-refractivity contribution in [1.29, 1.82) is 0 Å². The van der Waals surface area contributed by atoms with E-state index in [-0.39, 0.29) is 16.5 Å². The van der Waals surface area contributed by atoms with E-state index < -0.39 is 22.5 Å². The van der Waals surface area contributed by atoms with E-state index in [9.17, 15) is 19.3 Å². The van der Waals surface area contributed by atoms with Gasteiger partial charge in [-0.25, -0.2) is 9.37 Å². The van der Waals surface area contributed by atoms with Crippen molar-refractivity contribution in [3.05, 3.63) is 75.8 Å². The van der Waals surface area contributed by atoms with Crippen molar-refractivity contribution >= 4 is 44.7 Å². The predicted molar refractivity (Wildman–Crippen MR) is 119 cm³/mol. The zero-order chi connectivity index (χ0) is 23.5. The molecule has 4 aromatic rings. The molecule has 12 heteroatoms. The molecule has 0 aliphatic rings. The summed E-state index contributed by atoms with van der Waals surface area (Å²) in [5, 5.41) is 16.2. The molecule has 168 valence electrons. The number of carbonyl (C=O) groups excluding carboxylic acids is 1. The number of hydrogen-bond acceptors (Lipinski definition) is 9. The van der Waals surface area contributed by atoms with Crippen LogP contribution in [0.1, 0.15) is 16.1 Å². The monoisotopic (exact) mass is 470 g/mol. The summed E-state index contributed by atoms with van der Waals surface area (Å²) in [4.78, 5) is 28.0. The SMILES string of the molecule is COc1cc(OC)cc(C(=O)N(/N=C/c2ccc([N+](=O)[O-])o2)c2nc3ccc(F)cc3s2)c1. The first kappa shape index (κ1) is 21.9. The van der Waals surface area contributed by atoms with Gasteiger partial charge in [0.15, 0.2) is 5.76 Å².